The molecular formula is C28H24ClFN6O3. The van der Waals surface area contributed by atoms with Gasteiger partial charge in [-0.25, -0.2) is 9.07 Å². The van der Waals surface area contributed by atoms with Crippen LogP contribution in [0, 0.1) is 11.7 Å². The lowest BCUT2D eigenvalue weighted by Gasteiger charge is -2.11. The van der Waals surface area contributed by atoms with E-state index in [1.165, 1.54) is 23.0 Å². The van der Waals surface area contributed by atoms with Gasteiger partial charge in [0.05, 0.1) is 22.0 Å². The molecule has 3 heterocycles. The van der Waals surface area contributed by atoms with Gasteiger partial charge in [0.15, 0.2) is 5.69 Å². The molecule has 1 unspecified atom stereocenters. The number of rotatable bonds is 7. The number of anilines is 1. The Hall–Kier alpha value is -4.57. The van der Waals surface area contributed by atoms with Gasteiger partial charge in [0.2, 0.25) is 5.91 Å². The van der Waals surface area contributed by atoms with E-state index >= 15 is 0 Å². The number of nitrogens with one attached hydrogen (secondary N) is 2. The Kier molecular flexibility index (Phi) is 7.38. The predicted octanol–water partition coefficient (Wildman–Crippen LogP) is 4.19. The molecule has 2 aromatic heterocycles. The molecule has 2 aromatic carbocycles. The minimum Gasteiger partial charge on any atom is -0.350 e. The fourth-order valence-electron chi connectivity index (χ4n) is 4.39. The first kappa shape index (κ1) is 26.1. The Labute approximate surface area is 228 Å². The Balaban J connectivity index is 1.42. The minimum atomic E-state index is -0.617. The van der Waals surface area contributed by atoms with Gasteiger partial charge in [-0.1, -0.05) is 35.9 Å². The molecule has 2 N–H and O–H groups in total. The van der Waals surface area contributed by atoms with Crippen molar-refractivity contribution in [2.24, 2.45) is 5.92 Å². The van der Waals surface area contributed by atoms with Gasteiger partial charge in [0.1, 0.15) is 11.6 Å². The van der Waals surface area contributed by atoms with E-state index in [2.05, 4.69) is 20.7 Å². The number of aromatic nitrogens is 3. The molecule has 4 aromatic rings. The fraction of sp³-hybridized carbons (Fsp3) is 0.179. The van der Waals surface area contributed by atoms with E-state index in [1.54, 1.807) is 54.4 Å². The molecule has 0 spiro atoms. The van der Waals surface area contributed by atoms with E-state index in [0.717, 1.165) is 6.07 Å². The first-order valence-electron chi connectivity index (χ1n) is 12.2. The van der Waals surface area contributed by atoms with Gasteiger partial charge < -0.3 is 15.5 Å². The molecule has 1 aliphatic heterocycles. The van der Waals surface area contributed by atoms with Gasteiger partial charge >= 0.3 is 0 Å². The molecule has 0 bridgehead atoms. The summed E-state index contributed by atoms with van der Waals surface area (Å²) in [6, 6.07) is 17.9. The standard InChI is InChI=1S/C28H24ClFN6O3/c1-35-16-17(11-26(35)37)15-32-28(39)24-14-25(36(34-24)18-7-3-2-4-8-18)33-27(38)19-12-20(22(30)13-21(19)29)23-9-5-6-10-31-23/h2-10,12-14,17H,11,15-16H2,1H3,(H,32,39)(H,33,38). The fourth-order valence-corrected chi connectivity index (χ4v) is 4.63. The Morgan fingerprint density at radius 2 is 1.85 bits per heavy atom. The molecule has 11 heteroatoms. The summed E-state index contributed by atoms with van der Waals surface area (Å²) >= 11 is 6.25. The summed E-state index contributed by atoms with van der Waals surface area (Å²) in [4.78, 5) is 43.9. The van der Waals surface area contributed by atoms with Crippen molar-refractivity contribution >= 4 is 35.1 Å². The van der Waals surface area contributed by atoms with E-state index in [0.29, 0.717) is 30.9 Å². The van der Waals surface area contributed by atoms with Crippen LogP contribution in [0.1, 0.15) is 27.3 Å². The Morgan fingerprint density at radius 3 is 2.54 bits per heavy atom. The maximum absolute atomic E-state index is 14.7. The Bertz CT molecular complexity index is 1540. The summed E-state index contributed by atoms with van der Waals surface area (Å²) in [5.41, 5.74) is 1.18. The van der Waals surface area contributed by atoms with Crippen molar-refractivity contribution in [2.75, 3.05) is 25.5 Å². The third-order valence-corrected chi connectivity index (χ3v) is 6.71. The lowest BCUT2D eigenvalue weighted by molar-refractivity contribution is -0.126. The number of halogens is 2. The number of nitrogens with zero attached hydrogens (tertiary/aromatic N) is 4. The highest BCUT2D eigenvalue weighted by Gasteiger charge is 2.27. The van der Waals surface area contributed by atoms with Crippen LogP contribution in [-0.2, 0) is 4.79 Å². The van der Waals surface area contributed by atoms with E-state index in [1.807, 2.05) is 6.07 Å². The number of para-hydroxylation sites is 1. The number of amides is 3. The topological polar surface area (TPSA) is 109 Å². The highest BCUT2D eigenvalue weighted by Crippen LogP contribution is 2.28. The van der Waals surface area contributed by atoms with Crippen LogP contribution in [0.2, 0.25) is 5.02 Å². The van der Waals surface area contributed by atoms with Gasteiger partial charge in [-0.15, -0.1) is 0 Å². The third kappa shape index (κ3) is 5.65. The van der Waals surface area contributed by atoms with Crippen molar-refractivity contribution in [1.82, 2.24) is 25.0 Å². The van der Waals surface area contributed by atoms with Crippen molar-refractivity contribution in [3.05, 3.63) is 95.0 Å². The number of likely N-dealkylation sites (tertiary alicyclic amines) is 1. The SMILES string of the molecule is CN1CC(CNC(=O)c2cc(NC(=O)c3cc(-c4ccccn4)c(F)cc3Cl)n(-c3ccccc3)n2)CC1=O. The number of pyridine rings is 1. The van der Waals surface area contributed by atoms with Gasteiger partial charge in [-0.2, -0.15) is 5.10 Å². The number of benzene rings is 2. The summed E-state index contributed by atoms with van der Waals surface area (Å²) in [5.74, 6) is -1.41. The zero-order chi connectivity index (χ0) is 27.5. The minimum absolute atomic E-state index is 0.00995. The molecule has 0 saturated carbocycles. The summed E-state index contributed by atoms with van der Waals surface area (Å²) in [6.07, 6.45) is 1.90. The molecule has 1 atom stereocenters. The van der Waals surface area contributed by atoms with Crippen LogP contribution in [0.5, 0.6) is 0 Å². The lowest BCUT2D eigenvalue weighted by atomic mass is 10.1. The Morgan fingerprint density at radius 1 is 1.08 bits per heavy atom. The maximum Gasteiger partial charge on any atom is 0.271 e. The summed E-state index contributed by atoms with van der Waals surface area (Å²) < 4.78 is 16.1. The van der Waals surface area contributed by atoms with Crippen LogP contribution >= 0.6 is 11.6 Å². The summed E-state index contributed by atoms with van der Waals surface area (Å²) in [7, 11) is 1.73. The van der Waals surface area contributed by atoms with Crippen molar-refractivity contribution in [3.8, 4) is 16.9 Å². The lowest BCUT2D eigenvalue weighted by Crippen LogP contribution is -2.30. The summed E-state index contributed by atoms with van der Waals surface area (Å²) in [6.45, 7) is 0.883. The molecule has 198 valence electrons. The zero-order valence-corrected chi connectivity index (χ0v) is 21.7. The highest BCUT2D eigenvalue weighted by molar-refractivity contribution is 6.34. The molecule has 1 fully saturated rings. The molecule has 3 amide bonds. The van der Waals surface area contributed by atoms with Crippen molar-refractivity contribution in [3.63, 3.8) is 0 Å². The van der Waals surface area contributed by atoms with Crippen molar-refractivity contribution in [1.29, 1.82) is 0 Å². The molecule has 0 aliphatic carbocycles. The normalized spacial score (nSPS) is 14.9. The molecule has 9 nitrogen and oxygen atoms in total. The van der Waals surface area contributed by atoms with E-state index in [-0.39, 0.29) is 39.5 Å². The summed E-state index contributed by atoms with van der Waals surface area (Å²) in [5, 5.41) is 9.91. The van der Waals surface area contributed by atoms with Crippen LogP contribution in [0.4, 0.5) is 10.2 Å². The van der Waals surface area contributed by atoms with Crippen LogP contribution in [0.15, 0.2) is 72.9 Å². The molecule has 1 saturated heterocycles. The monoisotopic (exact) mass is 546 g/mol. The number of hydrogen-bond acceptors (Lipinski definition) is 5. The van der Waals surface area contributed by atoms with E-state index in [9.17, 15) is 18.8 Å². The number of hydrogen-bond donors (Lipinski definition) is 2. The second-order valence-electron chi connectivity index (χ2n) is 9.20. The second-order valence-corrected chi connectivity index (χ2v) is 9.60. The number of carbonyl (C=O) groups is 3. The maximum atomic E-state index is 14.7. The first-order valence-corrected chi connectivity index (χ1v) is 12.6. The van der Waals surface area contributed by atoms with Crippen LogP contribution in [0.25, 0.3) is 16.9 Å². The smallest absolute Gasteiger partial charge is 0.271 e. The van der Waals surface area contributed by atoms with E-state index < -0.39 is 17.6 Å². The van der Waals surface area contributed by atoms with Gasteiger partial charge in [0, 0.05) is 50.3 Å². The average molecular weight is 547 g/mol. The van der Waals surface area contributed by atoms with Crippen LogP contribution < -0.4 is 10.6 Å². The van der Waals surface area contributed by atoms with Gasteiger partial charge in [-0.3, -0.25) is 19.4 Å². The van der Waals surface area contributed by atoms with Crippen molar-refractivity contribution < 1.29 is 18.8 Å². The number of carbonyl (C=O) groups excluding carboxylic acids is 3. The van der Waals surface area contributed by atoms with Gasteiger partial charge in [-0.05, 0) is 36.4 Å². The third-order valence-electron chi connectivity index (χ3n) is 6.40. The molecule has 5 rings (SSSR count). The van der Waals surface area contributed by atoms with Crippen LogP contribution in [-0.4, -0.2) is 57.5 Å². The second kappa shape index (κ2) is 11.0. The van der Waals surface area contributed by atoms with E-state index in [4.69, 9.17) is 11.6 Å². The zero-order valence-electron chi connectivity index (χ0n) is 20.9. The molecule has 0 radical (unpaired) electrons. The molecule has 1 aliphatic rings. The van der Waals surface area contributed by atoms with Gasteiger partial charge in [0.25, 0.3) is 11.8 Å². The molecular weight excluding hydrogens is 523 g/mol. The van der Waals surface area contributed by atoms with Crippen LogP contribution in [0.3, 0.4) is 0 Å². The van der Waals surface area contributed by atoms with Crippen molar-refractivity contribution in [2.45, 2.75) is 6.42 Å². The molecule has 39 heavy (non-hydrogen) atoms. The highest BCUT2D eigenvalue weighted by atomic mass is 35.5. The first-order chi connectivity index (χ1) is 18.8. The largest absolute Gasteiger partial charge is 0.350 e. The quantitative estimate of drug-likeness (QED) is 0.361. The predicted molar refractivity (Wildman–Crippen MR) is 144 cm³/mol. The average Bonchev–Trinajstić information content (AvgIpc) is 3.50.